The molecule has 2 N–H and O–H groups in total. The van der Waals surface area contributed by atoms with Crippen molar-refractivity contribution in [3.05, 3.63) is 23.8 Å². The summed E-state index contributed by atoms with van der Waals surface area (Å²) in [6, 6.07) is 5.26. The molecule has 1 aliphatic heterocycles. The molecule has 1 aromatic rings. The molecule has 116 valence electrons. The van der Waals surface area contributed by atoms with Crippen LogP contribution in [0.25, 0.3) is 0 Å². The van der Waals surface area contributed by atoms with E-state index in [2.05, 4.69) is 13.8 Å². The summed E-state index contributed by atoms with van der Waals surface area (Å²) in [5.41, 5.74) is 7.05. The van der Waals surface area contributed by atoms with Gasteiger partial charge in [0, 0.05) is 40.9 Å². The molecule has 1 saturated heterocycles. The number of nitrogens with two attached hydrogens (primary N) is 1. The normalized spacial score (nSPS) is 18.1. The number of hydrogen-bond acceptors (Lipinski definition) is 4. The number of ether oxygens (including phenoxy) is 1. The maximum Gasteiger partial charge on any atom is 0.254 e. The maximum atomic E-state index is 12.7. The standard InChI is InChI=1S/C16H24N2O2S/c1-4-20-14-10-12(9-13(17)11-14)15(19)18-6-5-16(2,3)21-8-7-18/h9-11H,4-8,17H2,1-3H3. The zero-order chi connectivity index (χ0) is 15.5. The van der Waals surface area contributed by atoms with Crippen LogP contribution in [0.1, 0.15) is 37.6 Å². The predicted octanol–water partition coefficient (Wildman–Crippen LogP) is 3.03. The summed E-state index contributed by atoms with van der Waals surface area (Å²) in [4.78, 5) is 14.6. The molecule has 1 amide bonds. The Morgan fingerprint density at radius 2 is 2.14 bits per heavy atom. The smallest absolute Gasteiger partial charge is 0.254 e. The van der Waals surface area contributed by atoms with Gasteiger partial charge >= 0.3 is 0 Å². The minimum absolute atomic E-state index is 0.0431. The third-order valence-corrected chi connectivity index (χ3v) is 4.98. The van der Waals surface area contributed by atoms with Crippen molar-refractivity contribution in [1.29, 1.82) is 0 Å². The molecule has 0 spiro atoms. The molecule has 0 saturated carbocycles. The molecule has 21 heavy (non-hydrogen) atoms. The zero-order valence-corrected chi connectivity index (χ0v) is 13.8. The first-order valence-corrected chi connectivity index (χ1v) is 8.36. The van der Waals surface area contributed by atoms with Gasteiger partial charge in [0.25, 0.3) is 5.91 Å². The topological polar surface area (TPSA) is 55.6 Å². The first-order chi connectivity index (χ1) is 9.91. The van der Waals surface area contributed by atoms with Gasteiger partial charge in [0.1, 0.15) is 5.75 Å². The summed E-state index contributed by atoms with van der Waals surface area (Å²) in [6.07, 6.45) is 1.00. The lowest BCUT2D eigenvalue weighted by molar-refractivity contribution is 0.0764. The van der Waals surface area contributed by atoms with E-state index in [4.69, 9.17) is 10.5 Å². The van der Waals surface area contributed by atoms with Crippen LogP contribution in [-0.2, 0) is 0 Å². The lowest BCUT2D eigenvalue weighted by Crippen LogP contribution is -2.33. The van der Waals surface area contributed by atoms with Gasteiger partial charge in [-0.25, -0.2) is 0 Å². The number of carbonyl (C=O) groups is 1. The van der Waals surface area contributed by atoms with Gasteiger partial charge in [0.05, 0.1) is 6.61 Å². The van der Waals surface area contributed by atoms with Crippen molar-refractivity contribution >= 4 is 23.4 Å². The van der Waals surface area contributed by atoms with Gasteiger partial charge in [-0.3, -0.25) is 4.79 Å². The maximum absolute atomic E-state index is 12.7. The van der Waals surface area contributed by atoms with Gasteiger partial charge in [-0.1, -0.05) is 13.8 Å². The molecule has 1 aromatic carbocycles. The second-order valence-corrected chi connectivity index (χ2v) is 7.68. The van der Waals surface area contributed by atoms with Crippen LogP contribution in [-0.4, -0.2) is 41.0 Å². The summed E-state index contributed by atoms with van der Waals surface area (Å²) < 4.78 is 5.71. The van der Waals surface area contributed by atoms with Crippen LogP contribution in [0, 0.1) is 0 Å². The van der Waals surface area contributed by atoms with Crippen molar-refractivity contribution in [2.24, 2.45) is 0 Å². The van der Waals surface area contributed by atoms with Crippen molar-refractivity contribution in [1.82, 2.24) is 4.90 Å². The number of rotatable bonds is 3. The molecule has 0 atom stereocenters. The molecular weight excluding hydrogens is 284 g/mol. The Hall–Kier alpha value is -1.36. The van der Waals surface area contributed by atoms with Gasteiger partial charge in [0.15, 0.2) is 0 Å². The highest BCUT2D eigenvalue weighted by molar-refractivity contribution is 8.00. The Balaban J connectivity index is 2.15. The van der Waals surface area contributed by atoms with E-state index in [1.165, 1.54) is 0 Å². The Morgan fingerprint density at radius 1 is 1.38 bits per heavy atom. The van der Waals surface area contributed by atoms with E-state index in [1.807, 2.05) is 23.6 Å². The van der Waals surface area contributed by atoms with Gasteiger partial charge in [-0.15, -0.1) is 0 Å². The molecule has 0 aromatic heterocycles. The quantitative estimate of drug-likeness (QED) is 0.872. The molecule has 0 bridgehead atoms. The molecule has 0 aliphatic carbocycles. The summed E-state index contributed by atoms with van der Waals surface area (Å²) in [5.74, 6) is 1.67. The van der Waals surface area contributed by atoms with Crippen molar-refractivity contribution in [3.63, 3.8) is 0 Å². The zero-order valence-electron chi connectivity index (χ0n) is 13.0. The predicted molar refractivity (Wildman–Crippen MR) is 89.1 cm³/mol. The average molecular weight is 308 g/mol. The Morgan fingerprint density at radius 3 is 2.86 bits per heavy atom. The fourth-order valence-corrected chi connectivity index (χ4v) is 3.50. The van der Waals surface area contributed by atoms with Crippen molar-refractivity contribution in [2.75, 3.05) is 31.2 Å². The second-order valence-electron chi connectivity index (χ2n) is 5.87. The Kier molecular flexibility index (Phi) is 5.04. The fraction of sp³-hybridized carbons (Fsp3) is 0.562. The third-order valence-electron chi connectivity index (χ3n) is 3.61. The van der Waals surface area contributed by atoms with Gasteiger partial charge in [0.2, 0.25) is 0 Å². The lowest BCUT2D eigenvalue weighted by atomic mass is 10.1. The van der Waals surface area contributed by atoms with Crippen LogP contribution in [0.5, 0.6) is 5.75 Å². The van der Waals surface area contributed by atoms with Crippen molar-refractivity contribution in [2.45, 2.75) is 31.9 Å². The molecule has 4 nitrogen and oxygen atoms in total. The van der Waals surface area contributed by atoms with E-state index < -0.39 is 0 Å². The van der Waals surface area contributed by atoms with E-state index in [0.717, 1.165) is 25.3 Å². The van der Waals surface area contributed by atoms with Crippen LogP contribution in [0.2, 0.25) is 0 Å². The number of anilines is 1. The minimum Gasteiger partial charge on any atom is -0.494 e. The monoisotopic (exact) mass is 308 g/mol. The van der Waals surface area contributed by atoms with Crippen molar-refractivity contribution < 1.29 is 9.53 Å². The van der Waals surface area contributed by atoms with Crippen molar-refractivity contribution in [3.8, 4) is 5.75 Å². The molecule has 2 rings (SSSR count). The summed E-state index contributed by atoms with van der Waals surface area (Å²) in [5, 5.41) is 0. The number of benzene rings is 1. The summed E-state index contributed by atoms with van der Waals surface area (Å²) in [7, 11) is 0. The first-order valence-electron chi connectivity index (χ1n) is 7.38. The first kappa shape index (κ1) is 16.0. The molecule has 1 fully saturated rings. The Bertz CT molecular complexity index is 517. The number of nitrogens with zero attached hydrogens (tertiary/aromatic N) is 1. The second kappa shape index (κ2) is 6.60. The van der Waals surface area contributed by atoms with E-state index >= 15 is 0 Å². The lowest BCUT2D eigenvalue weighted by Gasteiger charge is -2.23. The number of thioether (sulfide) groups is 1. The largest absolute Gasteiger partial charge is 0.494 e. The fourth-order valence-electron chi connectivity index (χ4n) is 2.40. The highest BCUT2D eigenvalue weighted by atomic mass is 32.2. The van der Waals surface area contributed by atoms with Crippen LogP contribution >= 0.6 is 11.8 Å². The third kappa shape index (κ3) is 4.30. The SMILES string of the molecule is CCOc1cc(N)cc(C(=O)N2CCSC(C)(C)CC2)c1. The van der Waals surface area contributed by atoms with E-state index in [0.29, 0.717) is 23.6 Å². The number of hydrogen-bond donors (Lipinski definition) is 1. The van der Waals surface area contributed by atoms with Gasteiger partial charge in [-0.2, -0.15) is 11.8 Å². The molecule has 0 unspecified atom stereocenters. The molecule has 0 radical (unpaired) electrons. The number of nitrogen functional groups attached to an aromatic ring is 1. The van der Waals surface area contributed by atoms with Crippen LogP contribution < -0.4 is 10.5 Å². The number of carbonyl (C=O) groups excluding carboxylic acids is 1. The molecular formula is C16H24N2O2S. The summed E-state index contributed by atoms with van der Waals surface area (Å²) in [6.45, 7) is 8.52. The molecule has 1 aliphatic rings. The van der Waals surface area contributed by atoms with E-state index in [-0.39, 0.29) is 10.7 Å². The van der Waals surface area contributed by atoms with Crippen LogP contribution in [0.3, 0.4) is 0 Å². The van der Waals surface area contributed by atoms with Gasteiger partial charge < -0.3 is 15.4 Å². The molecule has 1 heterocycles. The molecule has 5 heteroatoms. The average Bonchev–Trinajstić information content (AvgIpc) is 2.58. The number of amides is 1. The van der Waals surface area contributed by atoms with Gasteiger partial charge in [-0.05, 0) is 25.5 Å². The van der Waals surface area contributed by atoms with Crippen LogP contribution in [0.15, 0.2) is 18.2 Å². The highest BCUT2D eigenvalue weighted by Crippen LogP contribution is 2.31. The van der Waals surface area contributed by atoms with E-state index in [1.54, 1.807) is 18.2 Å². The Labute approximate surface area is 131 Å². The van der Waals surface area contributed by atoms with E-state index in [9.17, 15) is 4.79 Å². The van der Waals surface area contributed by atoms with Crippen LogP contribution in [0.4, 0.5) is 5.69 Å². The summed E-state index contributed by atoms with van der Waals surface area (Å²) >= 11 is 1.93. The minimum atomic E-state index is 0.0431. The highest BCUT2D eigenvalue weighted by Gasteiger charge is 2.26.